The summed E-state index contributed by atoms with van der Waals surface area (Å²) in [4.78, 5) is 12.4. The number of hydrogen-bond donors (Lipinski definition) is 1. The minimum absolute atomic E-state index is 0.116. The SMILES string of the molecule is COc1ccc(C(=O)Nc2nnc(S(=O)(=O)N3c4ccc(C)cc4C[C@H]3C)s2)cc1. The molecule has 0 radical (unpaired) electrons. The molecule has 0 saturated carbocycles. The lowest BCUT2D eigenvalue weighted by molar-refractivity contribution is 0.102. The average Bonchev–Trinajstić information content (AvgIpc) is 3.32. The molecule has 0 unspecified atom stereocenters. The summed E-state index contributed by atoms with van der Waals surface area (Å²) in [7, 11) is -2.35. The van der Waals surface area contributed by atoms with Gasteiger partial charge in [-0.05, 0) is 56.2 Å². The fourth-order valence-corrected chi connectivity index (χ4v) is 6.13. The van der Waals surface area contributed by atoms with Crippen LogP contribution >= 0.6 is 11.3 Å². The number of sulfonamides is 1. The topological polar surface area (TPSA) is 101 Å². The fourth-order valence-electron chi connectivity index (χ4n) is 3.46. The van der Waals surface area contributed by atoms with Gasteiger partial charge in [0, 0.05) is 11.6 Å². The molecule has 1 N–H and O–H groups in total. The van der Waals surface area contributed by atoms with Gasteiger partial charge in [-0.15, -0.1) is 10.2 Å². The Morgan fingerprint density at radius 2 is 1.93 bits per heavy atom. The Labute approximate surface area is 178 Å². The van der Waals surface area contributed by atoms with Crippen molar-refractivity contribution in [2.45, 2.75) is 30.6 Å². The maximum absolute atomic E-state index is 13.2. The molecule has 1 amide bonds. The number of aromatic nitrogens is 2. The van der Waals surface area contributed by atoms with Crippen LogP contribution in [0.2, 0.25) is 0 Å². The largest absolute Gasteiger partial charge is 0.497 e. The molecule has 4 rings (SSSR count). The molecule has 8 nitrogen and oxygen atoms in total. The minimum atomic E-state index is -3.89. The lowest BCUT2D eigenvalue weighted by atomic mass is 10.1. The van der Waals surface area contributed by atoms with Crippen molar-refractivity contribution in [3.63, 3.8) is 0 Å². The fraction of sp³-hybridized carbons (Fsp3) is 0.250. The van der Waals surface area contributed by atoms with E-state index in [1.165, 1.54) is 4.31 Å². The quantitative estimate of drug-likeness (QED) is 0.606. The van der Waals surface area contributed by atoms with Gasteiger partial charge in [0.05, 0.1) is 12.8 Å². The molecule has 30 heavy (non-hydrogen) atoms. The molecule has 2 heterocycles. The summed E-state index contributed by atoms with van der Waals surface area (Å²) in [6.45, 7) is 3.84. The second kappa shape index (κ2) is 7.69. The van der Waals surface area contributed by atoms with Crippen LogP contribution in [0.4, 0.5) is 10.8 Å². The van der Waals surface area contributed by atoms with E-state index in [1.807, 2.05) is 32.0 Å². The number of methoxy groups -OCH3 is 1. The van der Waals surface area contributed by atoms with Crippen LogP contribution in [0.1, 0.15) is 28.4 Å². The monoisotopic (exact) mass is 444 g/mol. The van der Waals surface area contributed by atoms with Crippen molar-refractivity contribution in [3.05, 3.63) is 59.2 Å². The Morgan fingerprint density at radius 1 is 1.20 bits per heavy atom. The van der Waals surface area contributed by atoms with Crippen molar-refractivity contribution >= 4 is 38.1 Å². The summed E-state index contributed by atoms with van der Waals surface area (Å²) in [5.41, 5.74) is 3.13. The van der Waals surface area contributed by atoms with E-state index in [2.05, 4.69) is 15.5 Å². The zero-order valence-electron chi connectivity index (χ0n) is 16.6. The molecule has 1 aliphatic rings. The molecule has 0 spiro atoms. The zero-order valence-corrected chi connectivity index (χ0v) is 18.3. The molecule has 156 valence electrons. The molecule has 1 aromatic heterocycles. The number of amides is 1. The van der Waals surface area contributed by atoms with E-state index < -0.39 is 15.9 Å². The zero-order chi connectivity index (χ0) is 21.5. The maximum Gasteiger partial charge on any atom is 0.293 e. The van der Waals surface area contributed by atoms with Crippen LogP contribution in [0, 0.1) is 6.92 Å². The van der Waals surface area contributed by atoms with E-state index in [-0.39, 0.29) is 15.5 Å². The van der Waals surface area contributed by atoms with Crippen LogP contribution in [0.25, 0.3) is 0 Å². The first kappa shape index (κ1) is 20.3. The number of nitrogens with zero attached hydrogens (tertiary/aromatic N) is 3. The van der Waals surface area contributed by atoms with Crippen molar-refractivity contribution in [2.24, 2.45) is 0 Å². The lowest BCUT2D eigenvalue weighted by Crippen LogP contribution is -2.35. The molecule has 1 aliphatic heterocycles. The molecule has 3 aromatic rings. The molecular formula is C20H20N4O4S2. The van der Waals surface area contributed by atoms with Crippen LogP contribution < -0.4 is 14.4 Å². The Balaban J connectivity index is 1.56. The van der Waals surface area contributed by atoms with E-state index in [1.54, 1.807) is 31.4 Å². The summed E-state index contributed by atoms with van der Waals surface area (Å²) in [6, 6.07) is 12.0. The van der Waals surface area contributed by atoms with Gasteiger partial charge in [-0.2, -0.15) is 8.42 Å². The summed E-state index contributed by atoms with van der Waals surface area (Å²) < 4.78 is 32.8. The van der Waals surface area contributed by atoms with Crippen molar-refractivity contribution in [3.8, 4) is 5.75 Å². The number of carbonyl (C=O) groups is 1. The molecule has 10 heteroatoms. The van der Waals surface area contributed by atoms with Crippen molar-refractivity contribution in [2.75, 3.05) is 16.7 Å². The molecule has 0 fully saturated rings. The number of anilines is 2. The first-order valence-electron chi connectivity index (χ1n) is 9.22. The van der Waals surface area contributed by atoms with E-state index >= 15 is 0 Å². The normalized spacial score (nSPS) is 15.7. The van der Waals surface area contributed by atoms with Gasteiger partial charge >= 0.3 is 0 Å². The summed E-state index contributed by atoms with van der Waals surface area (Å²) in [5, 5.41) is 10.4. The number of aryl methyl sites for hydroxylation is 1. The third-order valence-corrected chi connectivity index (χ3v) is 7.96. The van der Waals surface area contributed by atoms with Gasteiger partial charge in [0.1, 0.15) is 5.75 Å². The first-order chi connectivity index (χ1) is 14.3. The molecule has 1 atom stereocenters. The third-order valence-electron chi connectivity index (χ3n) is 4.85. The number of benzene rings is 2. The Kier molecular flexibility index (Phi) is 5.20. The van der Waals surface area contributed by atoms with E-state index in [0.717, 1.165) is 22.5 Å². The molecule has 2 aromatic carbocycles. The first-order valence-corrected chi connectivity index (χ1v) is 11.5. The number of fused-ring (bicyclic) bond motifs is 1. The van der Waals surface area contributed by atoms with Gasteiger partial charge in [-0.1, -0.05) is 29.0 Å². The highest BCUT2D eigenvalue weighted by Crippen LogP contribution is 2.38. The second-order valence-corrected chi connectivity index (χ2v) is 10.0. The Hall–Kier alpha value is -2.98. The second-order valence-electron chi connectivity index (χ2n) is 7.04. The van der Waals surface area contributed by atoms with Crippen LogP contribution in [0.5, 0.6) is 5.75 Å². The Bertz CT molecular complexity index is 1210. The van der Waals surface area contributed by atoms with Crippen LogP contribution in [-0.2, 0) is 16.4 Å². The van der Waals surface area contributed by atoms with Gasteiger partial charge in [0.15, 0.2) is 0 Å². The van der Waals surface area contributed by atoms with Crippen molar-refractivity contribution < 1.29 is 17.9 Å². The van der Waals surface area contributed by atoms with E-state index in [4.69, 9.17) is 4.74 Å². The van der Waals surface area contributed by atoms with Crippen LogP contribution in [0.15, 0.2) is 46.8 Å². The van der Waals surface area contributed by atoms with Gasteiger partial charge in [0.25, 0.3) is 20.3 Å². The average molecular weight is 445 g/mol. The molecule has 0 saturated heterocycles. The third kappa shape index (κ3) is 3.63. The number of rotatable bonds is 5. The van der Waals surface area contributed by atoms with Crippen molar-refractivity contribution in [1.82, 2.24) is 10.2 Å². The van der Waals surface area contributed by atoms with Gasteiger partial charge < -0.3 is 4.74 Å². The Morgan fingerprint density at radius 3 is 2.63 bits per heavy atom. The van der Waals surface area contributed by atoms with Crippen LogP contribution in [0.3, 0.4) is 0 Å². The van der Waals surface area contributed by atoms with Gasteiger partial charge in [-0.25, -0.2) is 0 Å². The van der Waals surface area contributed by atoms with Crippen molar-refractivity contribution in [1.29, 1.82) is 0 Å². The number of nitrogens with one attached hydrogen (secondary N) is 1. The predicted octanol–water partition coefficient (Wildman–Crippen LogP) is 3.25. The summed E-state index contributed by atoms with van der Waals surface area (Å²) >= 11 is 0.829. The molecule has 0 bridgehead atoms. The lowest BCUT2D eigenvalue weighted by Gasteiger charge is -2.22. The number of carbonyl (C=O) groups excluding carboxylic acids is 1. The maximum atomic E-state index is 13.2. The van der Waals surface area contributed by atoms with E-state index in [9.17, 15) is 13.2 Å². The molecule has 0 aliphatic carbocycles. The highest BCUT2D eigenvalue weighted by Gasteiger charge is 2.38. The highest BCUT2D eigenvalue weighted by molar-refractivity contribution is 7.94. The van der Waals surface area contributed by atoms with Crippen LogP contribution in [-0.4, -0.2) is 37.7 Å². The number of ether oxygens (including phenoxy) is 1. The smallest absolute Gasteiger partial charge is 0.293 e. The number of hydrogen-bond acceptors (Lipinski definition) is 7. The minimum Gasteiger partial charge on any atom is -0.497 e. The summed E-state index contributed by atoms with van der Waals surface area (Å²) in [6.07, 6.45) is 0.635. The van der Waals surface area contributed by atoms with E-state index in [0.29, 0.717) is 23.4 Å². The molecular weight excluding hydrogens is 424 g/mol. The standard InChI is InChI=1S/C20H20N4O4S2/c1-12-4-9-17-15(10-12)11-13(2)24(17)30(26,27)20-23-22-19(29-20)21-18(25)14-5-7-16(28-3)8-6-14/h4-10,13H,11H2,1-3H3,(H,21,22,25)/t13-/m1/s1. The summed E-state index contributed by atoms with van der Waals surface area (Å²) in [5.74, 6) is 0.221. The predicted molar refractivity (Wildman–Crippen MR) is 115 cm³/mol. The van der Waals surface area contributed by atoms with Gasteiger partial charge in [-0.3, -0.25) is 14.4 Å². The van der Waals surface area contributed by atoms with Gasteiger partial charge in [0.2, 0.25) is 5.13 Å². The highest BCUT2D eigenvalue weighted by atomic mass is 32.2.